The van der Waals surface area contributed by atoms with Crippen molar-refractivity contribution in [2.75, 3.05) is 9.80 Å². The van der Waals surface area contributed by atoms with Crippen molar-refractivity contribution in [3.8, 4) is 11.3 Å². The smallest absolute Gasteiger partial charge is 0.161 e. The third-order valence-electron chi connectivity index (χ3n) is 12.2. The predicted octanol–water partition coefficient (Wildman–Crippen LogP) is 14.8. The third-order valence-corrected chi connectivity index (χ3v) is 12.2. The summed E-state index contributed by atoms with van der Waals surface area (Å²) in [5.74, 6) is 0. The van der Waals surface area contributed by atoms with Gasteiger partial charge in [-0.15, -0.1) is 0 Å². The second-order valence-electron chi connectivity index (χ2n) is 15.8. The first-order valence-electron chi connectivity index (χ1n) is 19.7. The highest BCUT2D eigenvalue weighted by atomic mass is 16.3. The Morgan fingerprint density at radius 1 is 0.474 bits per heavy atom. The molecule has 0 N–H and O–H groups in total. The van der Waals surface area contributed by atoms with Gasteiger partial charge in [0.1, 0.15) is 11.1 Å². The fraction of sp³-hybridized carbons (Fsp3) is 0.0566. The first-order chi connectivity index (χ1) is 28.1. The molecule has 8 aromatic carbocycles. The van der Waals surface area contributed by atoms with E-state index in [2.05, 4.69) is 216 Å². The Morgan fingerprint density at radius 3 is 1.68 bits per heavy atom. The molecule has 12 rings (SSSR count). The molecule has 0 saturated carbocycles. The SMILES string of the molecule is CC1(C)c2ccccc2-c2c1c1c(N(c3ccccc3)c3ccccc3)ccc3c4oc5cc6ccc(N(c7ccccc7)c7ccccc7)cc6cc5c4n2c13. The molecular formula is C53H37N3O. The van der Waals surface area contributed by atoms with Crippen LogP contribution in [0.4, 0.5) is 34.1 Å². The number of nitrogens with zero attached hydrogens (tertiary/aromatic N) is 3. The van der Waals surface area contributed by atoms with Gasteiger partial charge in [-0.25, -0.2) is 0 Å². The quantitative estimate of drug-likeness (QED) is 0.170. The molecule has 4 nitrogen and oxygen atoms in total. The molecule has 1 aliphatic carbocycles. The summed E-state index contributed by atoms with van der Waals surface area (Å²) in [6.07, 6.45) is 0. The Kier molecular flexibility index (Phi) is 6.65. The molecule has 11 aromatic rings. The number of benzene rings is 8. The van der Waals surface area contributed by atoms with Crippen LogP contribution in [0.2, 0.25) is 0 Å². The maximum Gasteiger partial charge on any atom is 0.161 e. The summed E-state index contributed by atoms with van der Waals surface area (Å²) in [6, 6.07) is 67.6. The van der Waals surface area contributed by atoms with E-state index >= 15 is 0 Å². The van der Waals surface area contributed by atoms with Crippen molar-refractivity contribution in [1.82, 2.24) is 4.40 Å². The lowest BCUT2D eigenvalue weighted by Crippen LogP contribution is -2.16. The fourth-order valence-corrected chi connectivity index (χ4v) is 9.77. The van der Waals surface area contributed by atoms with Gasteiger partial charge in [-0.1, -0.05) is 117 Å². The number of para-hydroxylation sites is 4. The molecule has 1 aliphatic rings. The summed E-state index contributed by atoms with van der Waals surface area (Å²) in [4.78, 5) is 4.74. The van der Waals surface area contributed by atoms with Crippen LogP contribution in [-0.4, -0.2) is 4.40 Å². The summed E-state index contributed by atoms with van der Waals surface area (Å²) in [5.41, 5.74) is 15.9. The second-order valence-corrected chi connectivity index (χ2v) is 15.8. The summed E-state index contributed by atoms with van der Waals surface area (Å²) in [6.45, 7) is 4.78. The average Bonchev–Trinajstić information content (AvgIpc) is 3.96. The Labute approximate surface area is 330 Å². The highest BCUT2D eigenvalue weighted by molar-refractivity contribution is 6.26. The van der Waals surface area contributed by atoms with Crippen molar-refractivity contribution in [2.45, 2.75) is 19.3 Å². The summed E-state index contributed by atoms with van der Waals surface area (Å²) < 4.78 is 9.53. The van der Waals surface area contributed by atoms with Crippen molar-refractivity contribution in [1.29, 1.82) is 0 Å². The highest BCUT2D eigenvalue weighted by Gasteiger charge is 2.43. The van der Waals surface area contributed by atoms with E-state index in [1.807, 2.05) is 0 Å². The molecule has 270 valence electrons. The van der Waals surface area contributed by atoms with Gasteiger partial charge >= 0.3 is 0 Å². The van der Waals surface area contributed by atoms with Gasteiger partial charge in [-0.2, -0.15) is 0 Å². The van der Waals surface area contributed by atoms with E-state index in [1.54, 1.807) is 0 Å². The molecule has 57 heavy (non-hydrogen) atoms. The molecule has 3 heterocycles. The zero-order valence-corrected chi connectivity index (χ0v) is 31.6. The monoisotopic (exact) mass is 731 g/mol. The van der Waals surface area contributed by atoms with Crippen molar-refractivity contribution in [3.63, 3.8) is 0 Å². The molecule has 0 spiro atoms. The van der Waals surface area contributed by atoms with Crippen LogP contribution in [-0.2, 0) is 5.41 Å². The van der Waals surface area contributed by atoms with Crippen LogP contribution in [0.5, 0.6) is 0 Å². The molecule has 0 unspecified atom stereocenters. The van der Waals surface area contributed by atoms with Gasteiger partial charge in [0, 0.05) is 55.6 Å². The molecule has 0 radical (unpaired) electrons. The van der Waals surface area contributed by atoms with Crippen LogP contribution in [0.15, 0.2) is 192 Å². The highest BCUT2D eigenvalue weighted by Crippen LogP contribution is 2.58. The Bertz CT molecular complexity index is 3230. The van der Waals surface area contributed by atoms with Gasteiger partial charge < -0.3 is 18.6 Å². The summed E-state index contributed by atoms with van der Waals surface area (Å²) in [5, 5.41) is 5.82. The maximum atomic E-state index is 6.99. The van der Waals surface area contributed by atoms with Crippen LogP contribution in [0.3, 0.4) is 0 Å². The van der Waals surface area contributed by atoms with Crippen molar-refractivity contribution in [2.24, 2.45) is 0 Å². The lowest BCUT2D eigenvalue weighted by atomic mass is 9.81. The molecule has 0 saturated heterocycles. The normalized spacial score (nSPS) is 13.2. The van der Waals surface area contributed by atoms with E-state index < -0.39 is 0 Å². The third kappa shape index (κ3) is 4.50. The Balaban J connectivity index is 1.17. The number of fused-ring (bicyclic) bond motifs is 11. The molecule has 0 amide bonds. The van der Waals surface area contributed by atoms with E-state index in [1.165, 1.54) is 33.3 Å². The van der Waals surface area contributed by atoms with Gasteiger partial charge in [0.05, 0.1) is 16.9 Å². The lowest BCUT2D eigenvalue weighted by molar-refractivity contribution is 0.666. The minimum absolute atomic E-state index is 0.237. The van der Waals surface area contributed by atoms with Crippen LogP contribution >= 0.6 is 0 Å². The summed E-state index contributed by atoms with van der Waals surface area (Å²) >= 11 is 0. The number of hydrogen-bond donors (Lipinski definition) is 0. The van der Waals surface area contributed by atoms with Crippen molar-refractivity contribution in [3.05, 3.63) is 199 Å². The number of rotatable bonds is 6. The van der Waals surface area contributed by atoms with E-state index in [0.29, 0.717) is 0 Å². The lowest BCUT2D eigenvalue weighted by Gasteiger charge is -2.28. The summed E-state index contributed by atoms with van der Waals surface area (Å²) in [7, 11) is 0. The standard InChI is InChI=1S/C53H37N3O/c1-53(2)44-26-16-15-25-41(44)50-48(53)47-45(55(38-21-11-5-12-22-38)39-23-13-6-14-24-39)30-29-42-49(47)56(50)51-43-32-35-31-40(28-27-34(35)33-46(43)57-52(42)51)54(36-17-7-3-8-18-36)37-19-9-4-10-20-37/h3-33H,1-2H3. The molecular weight excluding hydrogens is 695 g/mol. The van der Waals surface area contributed by atoms with Crippen LogP contribution in [0, 0.1) is 0 Å². The van der Waals surface area contributed by atoms with E-state index in [-0.39, 0.29) is 5.41 Å². The number of furan rings is 1. The Morgan fingerprint density at radius 2 is 1.05 bits per heavy atom. The van der Waals surface area contributed by atoms with E-state index in [0.717, 1.165) is 72.4 Å². The average molecular weight is 732 g/mol. The largest absolute Gasteiger partial charge is 0.454 e. The van der Waals surface area contributed by atoms with E-state index in [4.69, 9.17) is 4.42 Å². The van der Waals surface area contributed by atoms with Crippen molar-refractivity contribution < 1.29 is 4.42 Å². The van der Waals surface area contributed by atoms with Crippen LogP contribution < -0.4 is 9.80 Å². The fourth-order valence-electron chi connectivity index (χ4n) is 9.77. The molecule has 0 fully saturated rings. The van der Waals surface area contributed by atoms with Gasteiger partial charge in [0.15, 0.2) is 5.58 Å². The first-order valence-corrected chi connectivity index (χ1v) is 19.7. The zero-order valence-electron chi connectivity index (χ0n) is 31.6. The van der Waals surface area contributed by atoms with Gasteiger partial charge in [0.25, 0.3) is 0 Å². The minimum atomic E-state index is -0.237. The van der Waals surface area contributed by atoms with Gasteiger partial charge in [0.2, 0.25) is 0 Å². The molecule has 0 atom stereocenters. The molecule has 3 aromatic heterocycles. The molecule has 4 heteroatoms. The minimum Gasteiger partial charge on any atom is -0.454 e. The maximum absolute atomic E-state index is 6.99. The number of hydrogen-bond acceptors (Lipinski definition) is 3. The zero-order chi connectivity index (χ0) is 37.8. The van der Waals surface area contributed by atoms with Gasteiger partial charge in [-0.3, -0.25) is 0 Å². The predicted molar refractivity (Wildman–Crippen MR) is 238 cm³/mol. The van der Waals surface area contributed by atoms with Crippen molar-refractivity contribution >= 4 is 83.3 Å². The number of anilines is 6. The van der Waals surface area contributed by atoms with Crippen LogP contribution in [0.25, 0.3) is 60.4 Å². The van der Waals surface area contributed by atoms with E-state index in [9.17, 15) is 0 Å². The first kappa shape index (κ1) is 32.0. The number of aromatic nitrogens is 1. The van der Waals surface area contributed by atoms with Gasteiger partial charge in [-0.05, 0) is 107 Å². The van der Waals surface area contributed by atoms with Crippen LogP contribution in [0.1, 0.15) is 25.0 Å². The topological polar surface area (TPSA) is 24.0 Å². The Hall–Kier alpha value is -7.30. The molecule has 0 aliphatic heterocycles. The molecule has 0 bridgehead atoms. The second kappa shape index (κ2) is 11.8.